The van der Waals surface area contributed by atoms with E-state index in [0.717, 1.165) is 22.2 Å². The summed E-state index contributed by atoms with van der Waals surface area (Å²) in [5.41, 5.74) is 3.14. The molecule has 0 amide bonds. The maximum atomic E-state index is 12.3. The van der Waals surface area contributed by atoms with E-state index in [2.05, 4.69) is 20.3 Å². The quantitative estimate of drug-likeness (QED) is 0.210. The molecule has 31 heavy (non-hydrogen) atoms. The zero-order chi connectivity index (χ0) is 22.1. The van der Waals surface area contributed by atoms with Gasteiger partial charge in [-0.3, -0.25) is 19.9 Å². The van der Waals surface area contributed by atoms with Gasteiger partial charge in [0.15, 0.2) is 11.5 Å². The van der Waals surface area contributed by atoms with Crippen molar-refractivity contribution in [2.75, 3.05) is 6.54 Å². The highest BCUT2D eigenvalue weighted by atomic mass is 16.6. The summed E-state index contributed by atoms with van der Waals surface area (Å²) in [7, 11) is 0. The molecule has 10 nitrogen and oxygen atoms in total. The molecule has 2 aliphatic heterocycles. The van der Waals surface area contributed by atoms with E-state index in [1.54, 1.807) is 16.7 Å². The van der Waals surface area contributed by atoms with Crippen LogP contribution in [-0.2, 0) is 13.1 Å². The molecule has 2 aliphatic rings. The van der Waals surface area contributed by atoms with Gasteiger partial charge in [-0.1, -0.05) is 12.1 Å². The highest BCUT2D eigenvalue weighted by Crippen LogP contribution is 2.23. The minimum Gasteiger partial charge on any atom is -0.321 e. The summed E-state index contributed by atoms with van der Waals surface area (Å²) in [5, 5.41) is 14.2. The molecule has 0 aromatic heterocycles. The lowest BCUT2D eigenvalue weighted by molar-refractivity contribution is -0.384. The average Bonchev–Trinajstić information content (AvgIpc) is 2.72. The van der Waals surface area contributed by atoms with E-state index >= 15 is 0 Å². The third kappa shape index (κ3) is 4.05. The van der Waals surface area contributed by atoms with Crippen LogP contribution in [0.15, 0.2) is 46.0 Å². The highest BCUT2D eigenvalue weighted by molar-refractivity contribution is 5.81. The maximum Gasteiger partial charge on any atom is 0.349 e. The molecule has 158 valence electrons. The minimum atomic E-state index is -0.721. The van der Waals surface area contributed by atoms with Gasteiger partial charge < -0.3 is 9.88 Å². The lowest BCUT2D eigenvalue weighted by Crippen LogP contribution is -2.30. The Morgan fingerprint density at radius 3 is 2.68 bits per heavy atom. The van der Waals surface area contributed by atoms with E-state index in [4.69, 9.17) is 0 Å². The molecule has 0 aliphatic carbocycles. The van der Waals surface area contributed by atoms with Crippen molar-refractivity contribution < 1.29 is 4.92 Å². The van der Waals surface area contributed by atoms with Crippen LogP contribution in [0, 0.1) is 24.0 Å². The molecule has 0 radical (unpaired) electrons. The van der Waals surface area contributed by atoms with Crippen molar-refractivity contribution in [3.8, 4) is 11.5 Å². The summed E-state index contributed by atoms with van der Waals surface area (Å²) >= 11 is 0. The van der Waals surface area contributed by atoms with E-state index < -0.39 is 16.2 Å². The fraction of sp³-hybridized carbons (Fsp3) is 0.238. The summed E-state index contributed by atoms with van der Waals surface area (Å²) in [4.78, 5) is 45.2. The number of nitro groups is 1. The third-order valence-corrected chi connectivity index (χ3v) is 5.19. The first-order valence-corrected chi connectivity index (χ1v) is 9.69. The average molecular weight is 420 g/mol. The second-order valence-corrected chi connectivity index (χ2v) is 7.34. The van der Waals surface area contributed by atoms with Crippen molar-refractivity contribution in [2.24, 2.45) is 0 Å². The molecule has 0 saturated heterocycles. The summed E-state index contributed by atoms with van der Waals surface area (Å²) in [6.45, 7) is 5.28. The monoisotopic (exact) mass is 420 g/mol. The zero-order valence-electron chi connectivity index (χ0n) is 17.0. The van der Waals surface area contributed by atoms with Crippen molar-refractivity contribution in [3.05, 3.63) is 84.0 Å². The van der Waals surface area contributed by atoms with Crippen molar-refractivity contribution >= 4 is 16.7 Å². The van der Waals surface area contributed by atoms with Gasteiger partial charge in [-0.25, -0.2) is 9.78 Å². The van der Waals surface area contributed by atoms with Gasteiger partial charge in [0.05, 0.1) is 16.0 Å². The molecule has 0 fully saturated rings. The van der Waals surface area contributed by atoms with E-state index in [-0.39, 0.29) is 17.2 Å². The van der Waals surface area contributed by atoms with Crippen LogP contribution in [0.4, 0.5) is 5.69 Å². The number of nitrogens with zero attached hydrogens (tertiary/aromatic N) is 4. The van der Waals surface area contributed by atoms with Crippen LogP contribution in [0.5, 0.6) is 0 Å². The molecule has 2 aromatic carbocycles. The van der Waals surface area contributed by atoms with Gasteiger partial charge in [-0.2, -0.15) is 4.98 Å². The molecule has 0 spiro atoms. The summed E-state index contributed by atoms with van der Waals surface area (Å²) in [6.07, 6.45) is 0. The van der Waals surface area contributed by atoms with Crippen LogP contribution in [0.1, 0.15) is 16.7 Å². The molecule has 0 saturated carbocycles. The van der Waals surface area contributed by atoms with E-state index in [0.29, 0.717) is 25.2 Å². The lowest BCUT2D eigenvalue weighted by Gasteiger charge is -2.18. The standard InChI is InChI=1S/C21H20N6O4/c1-12-8-16-17(9-13(12)2)26(19-18(23-16)20(28)25-21(29)24-19)7-6-22-11-14-4-3-5-15(10-14)27(30)31/h3-5,8-10,22H,6-7,11H2,1-2H3,(H,25,28,29). The van der Waals surface area contributed by atoms with Gasteiger partial charge in [0, 0.05) is 31.8 Å². The minimum absolute atomic E-state index is 0.0389. The normalized spacial score (nSPS) is 11.3. The molecule has 0 bridgehead atoms. The maximum absolute atomic E-state index is 12.3. The Morgan fingerprint density at radius 2 is 1.90 bits per heavy atom. The third-order valence-electron chi connectivity index (χ3n) is 5.19. The van der Waals surface area contributed by atoms with Crippen molar-refractivity contribution in [1.82, 2.24) is 24.8 Å². The number of nitrogens with one attached hydrogen (secondary N) is 2. The Balaban J connectivity index is 1.66. The largest absolute Gasteiger partial charge is 0.349 e. The molecule has 2 aromatic rings. The first-order valence-electron chi connectivity index (χ1n) is 9.69. The summed E-state index contributed by atoms with van der Waals surface area (Å²) < 4.78 is 1.81. The van der Waals surface area contributed by atoms with Gasteiger partial charge in [0.1, 0.15) is 0 Å². The van der Waals surface area contributed by atoms with Gasteiger partial charge in [-0.15, -0.1) is 0 Å². The zero-order valence-corrected chi connectivity index (χ0v) is 17.0. The van der Waals surface area contributed by atoms with Crippen molar-refractivity contribution in [1.29, 1.82) is 0 Å². The molecule has 0 unspecified atom stereocenters. The number of fused-ring (bicyclic) bond motifs is 2. The molecule has 2 N–H and O–H groups in total. The fourth-order valence-corrected chi connectivity index (χ4v) is 3.48. The van der Waals surface area contributed by atoms with Gasteiger partial charge in [-0.05, 0) is 42.7 Å². The first-order chi connectivity index (χ1) is 14.8. The number of aromatic nitrogens is 4. The number of nitro benzene ring substituents is 1. The van der Waals surface area contributed by atoms with Crippen LogP contribution >= 0.6 is 0 Å². The molecule has 4 rings (SSSR count). The topological polar surface area (TPSA) is 136 Å². The number of H-pyrrole nitrogens is 1. The second kappa shape index (κ2) is 8.07. The Bertz CT molecular complexity index is 1390. The Morgan fingerprint density at radius 1 is 1.13 bits per heavy atom. The number of rotatable bonds is 6. The van der Waals surface area contributed by atoms with Crippen LogP contribution in [0.3, 0.4) is 0 Å². The molecular weight excluding hydrogens is 400 g/mol. The Hall–Kier alpha value is -3.92. The lowest BCUT2D eigenvalue weighted by atomic mass is 10.1. The highest BCUT2D eigenvalue weighted by Gasteiger charge is 2.19. The number of benzene rings is 2. The van der Waals surface area contributed by atoms with Crippen LogP contribution in [0.2, 0.25) is 0 Å². The van der Waals surface area contributed by atoms with Crippen LogP contribution < -0.4 is 16.6 Å². The van der Waals surface area contributed by atoms with E-state index in [1.807, 2.05) is 26.0 Å². The molecule has 0 atom stereocenters. The van der Waals surface area contributed by atoms with Crippen molar-refractivity contribution in [3.63, 3.8) is 0 Å². The van der Waals surface area contributed by atoms with E-state index in [1.165, 1.54) is 12.1 Å². The van der Waals surface area contributed by atoms with Crippen LogP contribution in [-0.4, -0.2) is 31.0 Å². The van der Waals surface area contributed by atoms with E-state index in [9.17, 15) is 19.7 Å². The number of non-ortho nitro benzene ring substituents is 1. The van der Waals surface area contributed by atoms with Gasteiger partial charge >= 0.3 is 5.69 Å². The fourth-order valence-electron chi connectivity index (χ4n) is 3.48. The number of hydrogen-bond acceptors (Lipinski definition) is 7. The van der Waals surface area contributed by atoms with Crippen molar-refractivity contribution in [2.45, 2.75) is 26.9 Å². The predicted octanol–water partition coefficient (Wildman–Crippen LogP) is 1.90. The number of aryl methyl sites for hydroxylation is 2. The molecule has 2 heterocycles. The van der Waals surface area contributed by atoms with Crippen LogP contribution in [0.25, 0.3) is 22.6 Å². The molecular formula is C21H20N6O4. The Labute approximate surface area is 176 Å². The van der Waals surface area contributed by atoms with Gasteiger partial charge in [0.25, 0.3) is 11.2 Å². The Kier molecular flexibility index (Phi) is 5.30. The summed E-state index contributed by atoms with van der Waals surface area (Å²) in [6, 6.07) is 10.3. The second-order valence-electron chi connectivity index (χ2n) is 7.34. The smallest absolute Gasteiger partial charge is 0.321 e. The first kappa shape index (κ1) is 20.4. The predicted molar refractivity (Wildman–Crippen MR) is 115 cm³/mol. The summed E-state index contributed by atoms with van der Waals surface area (Å²) in [5.74, 6) is 0.224. The molecule has 10 heteroatoms. The number of aromatic amines is 1. The number of hydrogen-bond donors (Lipinski definition) is 2. The SMILES string of the molecule is Cc1cc2nc3c(=O)[nH]c(=O)nc-3n(CCNCc3cccc([N+](=O)[O-])c3)c2cc1C. The van der Waals surface area contributed by atoms with Gasteiger partial charge in [0.2, 0.25) is 0 Å².